The maximum Gasteiger partial charge on any atom is 0.306 e. The summed E-state index contributed by atoms with van der Waals surface area (Å²) in [4.78, 5) is 24.1. The number of aliphatic hydroxyl groups is 1. The summed E-state index contributed by atoms with van der Waals surface area (Å²) in [7, 11) is 1.64. The molecule has 0 saturated carbocycles. The topological polar surface area (TPSA) is 91.3 Å². The van der Waals surface area contributed by atoms with E-state index in [2.05, 4.69) is 6.92 Å². The molecule has 0 bridgehead atoms. The van der Waals surface area contributed by atoms with Gasteiger partial charge in [-0.25, -0.2) is 0 Å². The Morgan fingerprint density at radius 3 is 1.71 bits per heavy atom. The Morgan fingerprint density at radius 1 is 0.690 bits per heavy atom. The van der Waals surface area contributed by atoms with Crippen LogP contribution in [0.3, 0.4) is 0 Å². The summed E-state index contributed by atoms with van der Waals surface area (Å²) in [6.07, 6.45) is 21.4. The van der Waals surface area contributed by atoms with Crippen LogP contribution in [-0.4, -0.2) is 50.1 Å². The van der Waals surface area contributed by atoms with Gasteiger partial charge >= 0.3 is 11.9 Å². The second kappa shape index (κ2) is 27.7. The third-order valence-electron chi connectivity index (χ3n) is 7.51. The van der Waals surface area contributed by atoms with Gasteiger partial charge in [0.05, 0.1) is 20.3 Å². The van der Waals surface area contributed by atoms with E-state index in [0.717, 1.165) is 43.4 Å². The van der Waals surface area contributed by atoms with Crippen molar-refractivity contribution < 1.29 is 33.6 Å². The van der Waals surface area contributed by atoms with Gasteiger partial charge in [0.15, 0.2) is 6.10 Å². The first-order chi connectivity index (χ1) is 20.6. The molecule has 7 heteroatoms. The van der Waals surface area contributed by atoms with Crippen LogP contribution in [0.25, 0.3) is 0 Å². The standard InChI is InChI=1S/C35H60O7/c1-3-4-5-6-7-8-9-10-11-12-13-14-15-16-18-21-34(37)41-30-33(28-36)42-35(38)22-19-17-20-27-40-29-31-23-25-32(39-2)26-24-31/h23-26,33,36H,3-22,27-30H2,1-2H3/t33-/m0/s1. The van der Waals surface area contributed by atoms with Gasteiger partial charge in [0, 0.05) is 19.4 Å². The highest BCUT2D eigenvalue weighted by Gasteiger charge is 2.16. The number of rotatable bonds is 29. The van der Waals surface area contributed by atoms with Crippen LogP contribution in [0.2, 0.25) is 0 Å². The minimum atomic E-state index is -0.810. The first kappa shape index (κ1) is 37.9. The van der Waals surface area contributed by atoms with E-state index >= 15 is 0 Å². The molecule has 42 heavy (non-hydrogen) atoms. The molecule has 0 unspecified atom stereocenters. The molecule has 1 aromatic rings. The number of hydrogen-bond donors (Lipinski definition) is 1. The van der Waals surface area contributed by atoms with Crippen LogP contribution in [0.5, 0.6) is 5.75 Å². The molecule has 0 fully saturated rings. The zero-order chi connectivity index (χ0) is 30.5. The van der Waals surface area contributed by atoms with Crippen molar-refractivity contribution in [3.05, 3.63) is 29.8 Å². The second-order valence-corrected chi connectivity index (χ2v) is 11.4. The molecule has 0 aromatic heterocycles. The molecule has 1 atom stereocenters. The number of aliphatic hydroxyl groups excluding tert-OH is 1. The average Bonchev–Trinajstić information content (AvgIpc) is 3.00. The normalized spacial score (nSPS) is 11.8. The van der Waals surface area contributed by atoms with Crippen LogP contribution < -0.4 is 4.74 Å². The molecule has 1 rings (SSSR count). The number of hydrogen-bond acceptors (Lipinski definition) is 7. The third-order valence-corrected chi connectivity index (χ3v) is 7.51. The smallest absolute Gasteiger partial charge is 0.306 e. The lowest BCUT2D eigenvalue weighted by Crippen LogP contribution is -2.28. The second-order valence-electron chi connectivity index (χ2n) is 11.4. The quantitative estimate of drug-likeness (QED) is 0.0737. The van der Waals surface area contributed by atoms with E-state index in [-0.39, 0.29) is 31.6 Å². The van der Waals surface area contributed by atoms with Crippen molar-refractivity contribution in [2.45, 2.75) is 148 Å². The predicted molar refractivity (Wildman–Crippen MR) is 169 cm³/mol. The van der Waals surface area contributed by atoms with E-state index in [1.165, 1.54) is 77.0 Å². The summed E-state index contributed by atoms with van der Waals surface area (Å²) >= 11 is 0. The number of carbonyl (C=O) groups excluding carboxylic acids is 2. The first-order valence-corrected chi connectivity index (χ1v) is 16.8. The fourth-order valence-electron chi connectivity index (χ4n) is 4.83. The Morgan fingerprint density at radius 2 is 1.19 bits per heavy atom. The summed E-state index contributed by atoms with van der Waals surface area (Å²) in [5, 5.41) is 9.50. The van der Waals surface area contributed by atoms with Crippen LogP contribution in [0.15, 0.2) is 24.3 Å². The molecule has 0 aliphatic carbocycles. The fourth-order valence-corrected chi connectivity index (χ4v) is 4.83. The SMILES string of the molecule is CCCCCCCCCCCCCCCCCC(=O)OC[C@H](CO)OC(=O)CCCCCOCc1ccc(OC)cc1. The average molecular weight is 593 g/mol. The molecule has 1 aromatic carbocycles. The van der Waals surface area contributed by atoms with Gasteiger partial charge in [-0.05, 0) is 37.0 Å². The molecule has 0 aliphatic heterocycles. The molecule has 1 N–H and O–H groups in total. The van der Waals surface area contributed by atoms with Crippen molar-refractivity contribution in [1.82, 2.24) is 0 Å². The van der Waals surface area contributed by atoms with Crippen molar-refractivity contribution in [3.63, 3.8) is 0 Å². The van der Waals surface area contributed by atoms with Crippen molar-refractivity contribution in [2.75, 3.05) is 26.9 Å². The van der Waals surface area contributed by atoms with Crippen molar-refractivity contribution in [1.29, 1.82) is 0 Å². The molecular weight excluding hydrogens is 532 g/mol. The molecule has 0 aliphatic rings. The van der Waals surface area contributed by atoms with E-state index in [0.29, 0.717) is 26.1 Å². The number of unbranched alkanes of at least 4 members (excludes halogenated alkanes) is 16. The van der Waals surface area contributed by atoms with Crippen LogP contribution in [0.1, 0.15) is 141 Å². The maximum absolute atomic E-state index is 12.1. The molecule has 0 radical (unpaired) electrons. The lowest BCUT2D eigenvalue weighted by atomic mass is 10.0. The van der Waals surface area contributed by atoms with Gasteiger partial charge < -0.3 is 24.1 Å². The van der Waals surface area contributed by atoms with Gasteiger partial charge in [-0.1, -0.05) is 115 Å². The fraction of sp³-hybridized carbons (Fsp3) is 0.771. The Labute approximate surface area is 256 Å². The minimum Gasteiger partial charge on any atom is -0.497 e. The number of carbonyl (C=O) groups is 2. The zero-order valence-electron chi connectivity index (χ0n) is 26.8. The van der Waals surface area contributed by atoms with Crippen LogP contribution in [0, 0.1) is 0 Å². The summed E-state index contributed by atoms with van der Waals surface area (Å²) < 4.78 is 21.3. The highest BCUT2D eigenvalue weighted by molar-refractivity contribution is 5.70. The monoisotopic (exact) mass is 592 g/mol. The highest BCUT2D eigenvalue weighted by atomic mass is 16.6. The van der Waals surface area contributed by atoms with E-state index in [9.17, 15) is 14.7 Å². The van der Waals surface area contributed by atoms with Gasteiger partial charge in [0.25, 0.3) is 0 Å². The molecule has 0 saturated heterocycles. The van der Waals surface area contributed by atoms with Gasteiger partial charge in [0.2, 0.25) is 0 Å². The highest BCUT2D eigenvalue weighted by Crippen LogP contribution is 2.15. The Bertz CT molecular complexity index is 765. The van der Waals surface area contributed by atoms with Gasteiger partial charge in [-0.2, -0.15) is 0 Å². The van der Waals surface area contributed by atoms with E-state index < -0.39 is 6.10 Å². The van der Waals surface area contributed by atoms with Crippen molar-refractivity contribution in [2.24, 2.45) is 0 Å². The molecule has 0 amide bonds. The number of esters is 2. The van der Waals surface area contributed by atoms with E-state index in [1.807, 2.05) is 24.3 Å². The number of methoxy groups -OCH3 is 1. The minimum absolute atomic E-state index is 0.0982. The lowest BCUT2D eigenvalue weighted by molar-refractivity contribution is -0.161. The summed E-state index contributed by atoms with van der Waals surface area (Å²) in [6, 6.07) is 7.77. The summed E-state index contributed by atoms with van der Waals surface area (Å²) in [5.41, 5.74) is 1.09. The summed E-state index contributed by atoms with van der Waals surface area (Å²) in [5.74, 6) is 0.142. The zero-order valence-corrected chi connectivity index (χ0v) is 26.8. The lowest BCUT2D eigenvalue weighted by Gasteiger charge is -2.15. The maximum atomic E-state index is 12.1. The van der Waals surface area contributed by atoms with Gasteiger partial charge in [0.1, 0.15) is 12.4 Å². The van der Waals surface area contributed by atoms with E-state index in [4.69, 9.17) is 18.9 Å². The van der Waals surface area contributed by atoms with Crippen LogP contribution in [-0.2, 0) is 30.4 Å². The molecule has 0 heterocycles. The van der Waals surface area contributed by atoms with Crippen LogP contribution in [0.4, 0.5) is 0 Å². The van der Waals surface area contributed by atoms with Gasteiger partial charge in [-0.3, -0.25) is 9.59 Å². The molecule has 242 valence electrons. The molecule has 7 nitrogen and oxygen atoms in total. The Kier molecular flexibility index (Phi) is 25.0. The van der Waals surface area contributed by atoms with Crippen molar-refractivity contribution in [3.8, 4) is 5.75 Å². The van der Waals surface area contributed by atoms with E-state index in [1.54, 1.807) is 7.11 Å². The Balaban J connectivity index is 1.92. The largest absolute Gasteiger partial charge is 0.497 e. The van der Waals surface area contributed by atoms with Crippen molar-refractivity contribution >= 4 is 11.9 Å². The van der Waals surface area contributed by atoms with Gasteiger partial charge in [-0.15, -0.1) is 0 Å². The number of ether oxygens (including phenoxy) is 4. The number of benzene rings is 1. The predicted octanol–water partition coefficient (Wildman–Crippen LogP) is 8.48. The van der Waals surface area contributed by atoms with Crippen LogP contribution >= 0.6 is 0 Å². The summed E-state index contributed by atoms with van der Waals surface area (Å²) in [6.45, 7) is 2.97. The molecular formula is C35H60O7. The first-order valence-electron chi connectivity index (χ1n) is 16.8. The Hall–Kier alpha value is -2.12. The molecule has 0 spiro atoms. The third kappa shape index (κ3) is 22.5.